The van der Waals surface area contributed by atoms with Crippen molar-refractivity contribution in [2.75, 3.05) is 13.1 Å². The molecule has 1 saturated heterocycles. The van der Waals surface area contributed by atoms with E-state index in [-0.39, 0.29) is 18.1 Å². The van der Waals surface area contributed by atoms with Gasteiger partial charge in [0.15, 0.2) is 0 Å². The summed E-state index contributed by atoms with van der Waals surface area (Å²) in [5.74, 6) is 1.02. The summed E-state index contributed by atoms with van der Waals surface area (Å²) in [6, 6.07) is 19.6. The van der Waals surface area contributed by atoms with Gasteiger partial charge in [-0.25, -0.2) is 4.79 Å². The summed E-state index contributed by atoms with van der Waals surface area (Å²) in [7, 11) is 0. The van der Waals surface area contributed by atoms with Gasteiger partial charge in [-0.1, -0.05) is 60.7 Å². The second-order valence-electron chi connectivity index (χ2n) is 6.43. The Kier molecular flexibility index (Phi) is 6.31. The lowest BCUT2D eigenvalue weighted by Crippen LogP contribution is -2.47. The van der Waals surface area contributed by atoms with Crippen LogP contribution in [0.4, 0.5) is 4.79 Å². The van der Waals surface area contributed by atoms with Crippen molar-refractivity contribution in [3.05, 3.63) is 78.4 Å². The molecule has 4 heteroatoms. The fraction of sp³-hybridized carbons (Fsp3) is 0.318. The summed E-state index contributed by atoms with van der Waals surface area (Å²) in [4.78, 5) is 14.2. The third kappa shape index (κ3) is 4.88. The van der Waals surface area contributed by atoms with E-state index in [1.165, 1.54) is 0 Å². The van der Waals surface area contributed by atoms with Crippen LogP contribution in [-0.4, -0.2) is 30.2 Å². The predicted molar refractivity (Wildman–Crippen MR) is 102 cm³/mol. The Morgan fingerprint density at radius 3 is 2.50 bits per heavy atom. The summed E-state index contributed by atoms with van der Waals surface area (Å²) in [5.41, 5.74) is 0.994. The number of rotatable bonds is 5. The zero-order valence-electron chi connectivity index (χ0n) is 15.1. The Hall–Kier alpha value is -2.75. The molecule has 0 spiro atoms. The van der Waals surface area contributed by atoms with Crippen molar-refractivity contribution in [2.45, 2.75) is 26.1 Å². The predicted octanol–water partition coefficient (Wildman–Crippen LogP) is 4.67. The Morgan fingerprint density at radius 1 is 1.12 bits per heavy atom. The highest BCUT2D eigenvalue weighted by Gasteiger charge is 2.32. The quantitative estimate of drug-likeness (QED) is 0.735. The molecular weight excluding hydrogens is 326 g/mol. The molecule has 2 aromatic carbocycles. The van der Waals surface area contributed by atoms with Crippen molar-refractivity contribution < 1.29 is 14.3 Å². The molecule has 1 aliphatic rings. The molecule has 0 N–H and O–H groups in total. The average Bonchev–Trinajstić information content (AvgIpc) is 2.69. The topological polar surface area (TPSA) is 38.8 Å². The van der Waals surface area contributed by atoms with Crippen molar-refractivity contribution in [3.8, 4) is 5.75 Å². The van der Waals surface area contributed by atoms with Gasteiger partial charge in [0, 0.05) is 25.4 Å². The second kappa shape index (κ2) is 9.09. The highest BCUT2D eigenvalue weighted by atomic mass is 16.6. The van der Waals surface area contributed by atoms with E-state index in [1.807, 2.05) is 73.7 Å². The molecule has 2 unspecified atom stereocenters. The third-order valence-electron chi connectivity index (χ3n) is 4.53. The molecule has 1 fully saturated rings. The van der Waals surface area contributed by atoms with Crippen LogP contribution in [0.25, 0.3) is 0 Å². The number of carbonyl (C=O) groups is 1. The van der Waals surface area contributed by atoms with Crippen molar-refractivity contribution in [1.82, 2.24) is 4.90 Å². The Labute approximate surface area is 155 Å². The van der Waals surface area contributed by atoms with Crippen LogP contribution in [0.2, 0.25) is 0 Å². The monoisotopic (exact) mass is 351 g/mol. The molecule has 2 aromatic rings. The number of hydrogen-bond acceptors (Lipinski definition) is 3. The molecule has 0 bridgehead atoms. The number of piperidine rings is 1. The standard InChI is InChI=1S/C22H25NO3/c1-2-9-19-16-23(22(24)25-17-18-10-5-3-6-11-18)15-14-21(19)26-20-12-7-4-8-13-20/h2-13,19,21H,14-17H2,1H3. The fourth-order valence-corrected chi connectivity index (χ4v) is 3.19. The van der Waals surface area contributed by atoms with E-state index in [1.54, 1.807) is 4.90 Å². The number of ether oxygens (including phenoxy) is 2. The normalized spacial score (nSPS) is 20.1. The van der Waals surface area contributed by atoms with Gasteiger partial charge in [0.2, 0.25) is 0 Å². The number of nitrogens with zero attached hydrogens (tertiary/aromatic N) is 1. The number of para-hydroxylation sites is 1. The number of likely N-dealkylation sites (tertiary alicyclic amines) is 1. The summed E-state index contributed by atoms with van der Waals surface area (Å²) in [5, 5.41) is 0. The molecule has 4 nitrogen and oxygen atoms in total. The number of carbonyl (C=O) groups excluding carboxylic acids is 1. The molecule has 1 aliphatic heterocycles. The summed E-state index contributed by atoms with van der Waals surface area (Å²) < 4.78 is 11.6. The maximum absolute atomic E-state index is 12.4. The number of hydrogen-bond donors (Lipinski definition) is 0. The smallest absolute Gasteiger partial charge is 0.410 e. The van der Waals surface area contributed by atoms with Gasteiger partial charge in [-0.3, -0.25) is 0 Å². The number of allylic oxidation sites excluding steroid dienone is 1. The fourth-order valence-electron chi connectivity index (χ4n) is 3.19. The van der Waals surface area contributed by atoms with E-state index < -0.39 is 0 Å². The minimum Gasteiger partial charge on any atom is -0.490 e. The lowest BCUT2D eigenvalue weighted by atomic mass is 9.94. The largest absolute Gasteiger partial charge is 0.490 e. The highest BCUT2D eigenvalue weighted by molar-refractivity contribution is 5.67. The average molecular weight is 351 g/mol. The van der Waals surface area contributed by atoms with Gasteiger partial charge in [-0.2, -0.15) is 0 Å². The Balaban J connectivity index is 1.57. The van der Waals surface area contributed by atoms with Crippen molar-refractivity contribution >= 4 is 6.09 Å². The van der Waals surface area contributed by atoms with E-state index in [0.29, 0.717) is 19.7 Å². The lowest BCUT2D eigenvalue weighted by Gasteiger charge is -2.36. The van der Waals surface area contributed by atoms with E-state index in [2.05, 4.69) is 6.08 Å². The van der Waals surface area contributed by atoms with Crippen LogP contribution in [-0.2, 0) is 11.3 Å². The SMILES string of the molecule is CC=CC1CN(C(=O)OCc2ccccc2)CCC1Oc1ccccc1. The Bertz CT molecular complexity index is 715. The maximum atomic E-state index is 12.4. The van der Waals surface area contributed by atoms with Gasteiger partial charge in [-0.05, 0) is 24.6 Å². The van der Waals surface area contributed by atoms with E-state index in [0.717, 1.165) is 17.7 Å². The van der Waals surface area contributed by atoms with Crippen LogP contribution in [0.5, 0.6) is 5.75 Å². The van der Waals surface area contributed by atoms with Crippen LogP contribution < -0.4 is 4.74 Å². The molecule has 0 radical (unpaired) electrons. The lowest BCUT2D eigenvalue weighted by molar-refractivity contribution is 0.0444. The second-order valence-corrected chi connectivity index (χ2v) is 6.43. The van der Waals surface area contributed by atoms with Gasteiger partial charge in [0.05, 0.1) is 0 Å². The van der Waals surface area contributed by atoms with Gasteiger partial charge in [-0.15, -0.1) is 0 Å². The Morgan fingerprint density at radius 2 is 1.81 bits per heavy atom. The molecule has 1 amide bonds. The van der Waals surface area contributed by atoms with Crippen LogP contribution in [0.3, 0.4) is 0 Å². The first-order valence-corrected chi connectivity index (χ1v) is 9.06. The van der Waals surface area contributed by atoms with Crippen LogP contribution in [0.15, 0.2) is 72.8 Å². The molecule has 1 heterocycles. The summed E-state index contributed by atoms with van der Waals surface area (Å²) >= 11 is 0. The molecule has 0 aliphatic carbocycles. The van der Waals surface area contributed by atoms with E-state index >= 15 is 0 Å². The minimum atomic E-state index is -0.262. The van der Waals surface area contributed by atoms with Gasteiger partial charge in [0.1, 0.15) is 18.5 Å². The number of amides is 1. The summed E-state index contributed by atoms with van der Waals surface area (Å²) in [6.07, 6.45) is 4.72. The van der Waals surface area contributed by atoms with E-state index in [9.17, 15) is 4.79 Å². The summed E-state index contributed by atoms with van der Waals surface area (Å²) in [6.45, 7) is 3.54. The van der Waals surface area contributed by atoms with Gasteiger partial charge in [0.25, 0.3) is 0 Å². The third-order valence-corrected chi connectivity index (χ3v) is 4.53. The molecule has 26 heavy (non-hydrogen) atoms. The van der Waals surface area contributed by atoms with E-state index in [4.69, 9.17) is 9.47 Å². The molecule has 136 valence electrons. The van der Waals surface area contributed by atoms with Crippen LogP contribution in [0, 0.1) is 5.92 Å². The first-order valence-electron chi connectivity index (χ1n) is 9.06. The first kappa shape index (κ1) is 18.1. The molecule has 0 aromatic heterocycles. The van der Waals surface area contributed by atoms with Gasteiger partial charge < -0.3 is 14.4 Å². The van der Waals surface area contributed by atoms with Crippen LogP contribution >= 0.6 is 0 Å². The van der Waals surface area contributed by atoms with Crippen molar-refractivity contribution in [3.63, 3.8) is 0 Å². The molecule has 0 saturated carbocycles. The zero-order valence-corrected chi connectivity index (χ0v) is 15.1. The number of benzene rings is 2. The molecule has 3 rings (SSSR count). The van der Waals surface area contributed by atoms with Gasteiger partial charge >= 0.3 is 6.09 Å². The van der Waals surface area contributed by atoms with Crippen LogP contribution in [0.1, 0.15) is 18.9 Å². The minimum absolute atomic E-state index is 0.0618. The first-order chi connectivity index (χ1) is 12.8. The van der Waals surface area contributed by atoms with Crippen molar-refractivity contribution in [2.24, 2.45) is 5.92 Å². The maximum Gasteiger partial charge on any atom is 0.410 e. The molecule has 2 atom stereocenters. The molecular formula is C22H25NO3. The zero-order chi connectivity index (χ0) is 18.2. The van der Waals surface area contributed by atoms with Crippen molar-refractivity contribution in [1.29, 1.82) is 0 Å². The highest BCUT2D eigenvalue weighted by Crippen LogP contribution is 2.25.